The van der Waals surface area contributed by atoms with Gasteiger partial charge in [-0.25, -0.2) is 0 Å². The van der Waals surface area contributed by atoms with E-state index in [4.69, 9.17) is 5.73 Å². The fourth-order valence-corrected chi connectivity index (χ4v) is 3.36. The molecule has 1 fully saturated rings. The number of nitrogens with one attached hydrogen (secondary N) is 1. The van der Waals surface area contributed by atoms with Crippen LogP contribution < -0.4 is 15.4 Å². The summed E-state index contributed by atoms with van der Waals surface area (Å²) in [5, 5.41) is 0. The third kappa shape index (κ3) is 2.37. The van der Waals surface area contributed by atoms with E-state index in [-0.39, 0.29) is 0 Å². The molecule has 4 nitrogen and oxygen atoms in total. The van der Waals surface area contributed by atoms with Gasteiger partial charge in [0.05, 0.1) is 11.4 Å². The average Bonchev–Trinajstić information content (AvgIpc) is 2.75. The molecule has 1 aliphatic rings. The van der Waals surface area contributed by atoms with Gasteiger partial charge in [-0.2, -0.15) is 0 Å². The maximum absolute atomic E-state index is 12.2. The molecule has 2 atom stereocenters. The van der Waals surface area contributed by atoms with Crippen LogP contribution in [0, 0.1) is 0 Å². The molecule has 5 heteroatoms. The predicted molar refractivity (Wildman–Crippen MR) is 78.2 cm³/mol. The number of nitrogens with two attached hydrogens (primary N) is 1. The largest absolute Gasteiger partial charge is 0.397 e. The minimum atomic E-state index is -2.17. The first-order valence-electron chi connectivity index (χ1n) is 6.29. The zero-order valence-corrected chi connectivity index (χ0v) is 12.1. The summed E-state index contributed by atoms with van der Waals surface area (Å²) in [6.45, 7) is 3.27. The summed E-state index contributed by atoms with van der Waals surface area (Å²) in [5.74, 6) is 0. The molecule has 1 saturated heterocycles. The molecule has 2 unspecified atom stereocenters. The highest BCUT2D eigenvalue weighted by molar-refractivity contribution is 8.00. The van der Waals surface area contributed by atoms with E-state index in [1.165, 1.54) is 12.8 Å². The molecule has 100 valence electrons. The molecule has 1 aromatic rings. The van der Waals surface area contributed by atoms with E-state index in [0.717, 1.165) is 17.1 Å². The Morgan fingerprint density at radius 3 is 2.72 bits per heavy atom. The summed E-state index contributed by atoms with van der Waals surface area (Å²) >= 11 is 0. The lowest BCUT2D eigenvalue weighted by Gasteiger charge is -2.25. The molecule has 1 heterocycles. The van der Waals surface area contributed by atoms with E-state index in [1.807, 2.05) is 18.2 Å². The molecule has 0 saturated carbocycles. The highest BCUT2D eigenvalue weighted by atomic mass is 32.3. The van der Waals surface area contributed by atoms with Gasteiger partial charge in [-0.05, 0) is 31.9 Å². The summed E-state index contributed by atoms with van der Waals surface area (Å²) in [6.07, 6.45) is 4.12. The van der Waals surface area contributed by atoms with Crippen LogP contribution in [0.4, 0.5) is 11.4 Å². The predicted octanol–water partition coefficient (Wildman–Crippen LogP) is 1.88. The number of hydrogen-bond acceptors (Lipinski definition) is 3. The van der Waals surface area contributed by atoms with Crippen LogP contribution in [0.3, 0.4) is 0 Å². The number of nitrogens with zero attached hydrogens (tertiary/aromatic N) is 1. The first-order valence-corrected chi connectivity index (χ1v) is 8.26. The SMILES string of the molecule is CN[S+](C)(=O)c1ccc(N2CCCC2C)c(N)c1. The second-order valence-electron chi connectivity index (χ2n) is 4.95. The molecular formula is C13H22N3OS+. The van der Waals surface area contributed by atoms with Crippen molar-refractivity contribution >= 4 is 21.5 Å². The van der Waals surface area contributed by atoms with Crippen LogP contribution in [-0.2, 0) is 14.3 Å². The molecule has 0 radical (unpaired) electrons. The van der Waals surface area contributed by atoms with E-state index in [1.54, 1.807) is 13.3 Å². The Hall–Kier alpha value is -1.07. The summed E-state index contributed by atoms with van der Waals surface area (Å²) < 4.78 is 15.1. The number of nitrogen functional groups attached to an aromatic ring is 1. The van der Waals surface area contributed by atoms with Crippen molar-refractivity contribution in [3.63, 3.8) is 0 Å². The standard InChI is InChI=1S/C13H22N3OS/c1-10-5-4-8-16(10)13-7-6-11(9-12(13)14)18(3,17)15-2/h6-7,9-10H,4-5,8,14H2,1-3H3,(H,15,17)/q+1. The number of hydrogen-bond donors (Lipinski definition) is 2. The highest BCUT2D eigenvalue weighted by Crippen LogP contribution is 2.32. The van der Waals surface area contributed by atoms with E-state index in [9.17, 15) is 4.21 Å². The average molecular weight is 268 g/mol. The lowest BCUT2D eigenvalue weighted by Crippen LogP contribution is -2.28. The molecule has 0 aromatic heterocycles. The van der Waals surface area contributed by atoms with Crippen molar-refractivity contribution in [3.8, 4) is 0 Å². The molecule has 0 amide bonds. The lowest BCUT2D eigenvalue weighted by molar-refractivity contribution is 0.583. The molecule has 3 N–H and O–H groups in total. The molecule has 18 heavy (non-hydrogen) atoms. The van der Waals surface area contributed by atoms with Crippen LogP contribution in [0.5, 0.6) is 0 Å². The van der Waals surface area contributed by atoms with Crippen molar-refractivity contribution in [2.24, 2.45) is 0 Å². The summed E-state index contributed by atoms with van der Waals surface area (Å²) in [5.41, 5.74) is 7.90. The first-order chi connectivity index (χ1) is 8.45. The van der Waals surface area contributed by atoms with Gasteiger partial charge in [-0.3, -0.25) is 0 Å². The van der Waals surface area contributed by atoms with Crippen molar-refractivity contribution in [1.82, 2.24) is 4.72 Å². The molecule has 1 aliphatic heterocycles. The van der Waals surface area contributed by atoms with Crippen molar-refractivity contribution in [1.29, 1.82) is 0 Å². The van der Waals surface area contributed by atoms with Crippen LogP contribution in [0.15, 0.2) is 23.1 Å². The van der Waals surface area contributed by atoms with Crippen molar-refractivity contribution < 1.29 is 4.21 Å². The fourth-order valence-electron chi connectivity index (χ4n) is 2.45. The van der Waals surface area contributed by atoms with Crippen LogP contribution >= 0.6 is 0 Å². The Balaban J connectivity index is 2.34. The van der Waals surface area contributed by atoms with Crippen molar-refractivity contribution in [2.75, 3.05) is 30.5 Å². The van der Waals surface area contributed by atoms with E-state index < -0.39 is 10.1 Å². The summed E-state index contributed by atoms with van der Waals surface area (Å²) in [6, 6.07) is 6.27. The van der Waals surface area contributed by atoms with Gasteiger partial charge in [0.2, 0.25) is 0 Å². The normalized spacial score (nSPS) is 23.1. The van der Waals surface area contributed by atoms with Gasteiger partial charge in [0, 0.05) is 25.7 Å². The molecule has 0 spiro atoms. The topological polar surface area (TPSA) is 58.4 Å². The third-order valence-corrected chi connectivity index (χ3v) is 5.63. The number of benzene rings is 1. The summed E-state index contributed by atoms with van der Waals surface area (Å²) in [7, 11) is -0.470. The van der Waals surface area contributed by atoms with Gasteiger partial charge >= 0.3 is 0 Å². The molecule has 0 bridgehead atoms. The zero-order valence-electron chi connectivity index (χ0n) is 11.3. The second kappa shape index (κ2) is 4.90. The zero-order chi connectivity index (χ0) is 13.3. The molecule has 0 aliphatic carbocycles. The number of rotatable bonds is 3. The summed E-state index contributed by atoms with van der Waals surface area (Å²) in [4.78, 5) is 3.09. The lowest BCUT2D eigenvalue weighted by atomic mass is 10.2. The monoisotopic (exact) mass is 268 g/mol. The van der Waals surface area contributed by atoms with Gasteiger partial charge in [-0.1, -0.05) is 4.21 Å². The van der Waals surface area contributed by atoms with Crippen molar-refractivity contribution in [2.45, 2.75) is 30.7 Å². The Labute approximate surface area is 110 Å². The minimum Gasteiger partial charge on any atom is -0.397 e. The maximum atomic E-state index is 12.2. The Morgan fingerprint density at radius 1 is 1.50 bits per heavy atom. The smallest absolute Gasteiger partial charge is 0.185 e. The van der Waals surface area contributed by atoms with E-state index >= 15 is 0 Å². The van der Waals surface area contributed by atoms with Gasteiger partial charge in [0.1, 0.15) is 6.26 Å². The minimum absolute atomic E-state index is 0.536. The van der Waals surface area contributed by atoms with Crippen LogP contribution in [0.1, 0.15) is 19.8 Å². The van der Waals surface area contributed by atoms with Crippen LogP contribution in [-0.4, -0.2) is 25.9 Å². The second-order valence-corrected chi connectivity index (χ2v) is 7.52. The molecule has 2 rings (SSSR count). The Morgan fingerprint density at radius 2 is 2.22 bits per heavy atom. The van der Waals surface area contributed by atoms with E-state index in [0.29, 0.717) is 11.7 Å². The van der Waals surface area contributed by atoms with Crippen LogP contribution in [0.2, 0.25) is 0 Å². The molecular weight excluding hydrogens is 246 g/mol. The van der Waals surface area contributed by atoms with Gasteiger partial charge in [0.15, 0.2) is 15.0 Å². The first kappa shape index (κ1) is 13.4. The fraction of sp³-hybridized carbons (Fsp3) is 0.538. The van der Waals surface area contributed by atoms with Gasteiger partial charge < -0.3 is 10.6 Å². The Kier molecular flexibility index (Phi) is 3.64. The Bertz CT molecular complexity index is 489. The van der Waals surface area contributed by atoms with Crippen LogP contribution in [0.25, 0.3) is 0 Å². The number of anilines is 2. The maximum Gasteiger partial charge on any atom is 0.185 e. The molecule has 1 aromatic carbocycles. The van der Waals surface area contributed by atoms with Gasteiger partial charge in [-0.15, -0.1) is 4.72 Å². The van der Waals surface area contributed by atoms with Gasteiger partial charge in [0.25, 0.3) is 0 Å². The van der Waals surface area contributed by atoms with Crippen molar-refractivity contribution in [3.05, 3.63) is 18.2 Å². The highest BCUT2D eigenvalue weighted by Gasteiger charge is 2.26. The third-order valence-electron chi connectivity index (χ3n) is 3.70. The quantitative estimate of drug-likeness (QED) is 0.650. The van der Waals surface area contributed by atoms with E-state index in [2.05, 4.69) is 16.5 Å².